The zero-order chi connectivity index (χ0) is 17.4. The number of fused-ring (bicyclic) bond motifs is 1. The molecule has 6 heteroatoms. The highest BCUT2D eigenvalue weighted by atomic mass is 16.2. The Morgan fingerprint density at radius 3 is 2.50 bits per heavy atom. The van der Waals surface area contributed by atoms with Crippen molar-refractivity contribution in [2.45, 2.75) is 40.7 Å². The third-order valence-corrected chi connectivity index (χ3v) is 4.33. The van der Waals surface area contributed by atoms with E-state index in [0.717, 1.165) is 17.7 Å². The van der Waals surface area contributed by atoms with Crippen molar-refractivity contribution < 1.29 is 0 Å². The van der Waals surface area contributed by atoms with Gasteiger partial charge in [-0.1, -0.05) is 19.9 Å². The maximum atomic E-state index is 12.8. The molecule has 0 radical (unpaired) electrons. The summed E-state index contributed by atoms with van der Waals surface area (Å²) in [6.45, 7) is 8.73. The van der Waals surface area contributed by atoms with E-state index in [1.807, 2.05) is 32.0 Å². The summed E-state index contributed by atoms with van der Waals surface area (Å²) in [6, 6.07) is 5.84. The largest absolute Gasteiger partial charge is 0.350 e. The third-order valence-electron chi connectivity index (χ3n) is 4.33. The van der Waals surface area contributed by atoms with Crippen LogP contribution < -0.4 is 11.2 Å². The van der Waals surface area contributed by atoms with Crippen LogP contribution in [0.25, 0.3) is 11.3 Å². The zero-order valence-corrected chi connectivity index (χ0v) is 14.5. The van der Waals surface area contributed by atoms with Crippen LogP contribution in [0.1, 0.15) is 31.4 Å². The number of hydrogen-bond acceptors (Lipinski definition) is 3. The first kappa shape index (κ1) is 16.2. The highest BCUT2D eigenvalue weighted by Gasteiger charge is 2.13. The second kappa shape index (κ2) is 6.11. The summed E-state index contributed by atoms with van der Waals surface area (Å²) in [4.78, 5) is 25.1. The van der Waals surface area contributed by atoms with E-state index < -0.39 is 0 Å². The molecular formula is C18H22N4O2. The minimum absolute atomic E-state index is 0.157. The van der Waals surface area contributed by atoms with Gasteiger partial charge in [-0.15, -0.1) is 5.10 Å². The molecule has 0 N–H and O–H groups in total. The molecule has 0 bridgehead atoms. The fourth-order valence-electron chi connectivity index (χ4n) is 2.61. The molecule has 0 unspecified atom stereocenters. The van der Waals surface area contributed by atoms with E-state index in [4.69, 9.17) is 0 Å². The fraction of sp³-hybridized carbons (Fsp3) is 0.389. The maximum absolute atomic E-state index is 12.8. The molecule has 0 spiro atoms. The molecule has 0 saturated heterocycles. The summed E-state index contributed by atoms with van der Waals surface area (Å²) in [5.74, 6) is 0.467. The van der Waals surface area contributed by atoms with Crippen LogP contribution >= 0.6 is 0 Å². The lowest BCUT2D eigenvalue weighted by molar-refractivity contribution is 0.478. The lowest BCUT2D eigenvalue weighted by Crippen LogP contribution is -2.24. The predicted octanol–water partition coefficient (Wildman–Crippen LogP) is 2.31. The van der Waals surface area contributed by atoms with Crippen LogP contribution in [0.4, 0.5) is 0 Å². The first-order valence-electron chi connectivity index (χ1n) is 8.17. The van der Waals surface area contributed by atoms with Crippen molar-refractivity contribution in [3.8, 4) is 5.69 Å². The van der Waals surface area contributed by atoms with Crippen LogP contribution in [0.5, 0.6) is 0 Å². The minimum Gasteiger partial charge on any atom is -0.280 e. The quantitative estimate of drug-likeness (QED) is 0.739. The molecule has 3 aromatic rings. The topological polar surface area (TPSA) is 61.3 Å². The van der Waals surface area contributed by atoms with E-state index in [-0.39, 0.29) is 16.9 Å². The van der Waals surface area contributed by atoms with Gasteiger partial charge in [0.15, 0.2) is 0 Å². The lowest BCUT2D eigenvalue weighted by atomic mass is 10.1. The summed E-state index contributed by atoms with van der Waals surface area (Å²) in [5.41, 5.74) is 2.65. The van der Waals surface area contributed by atoms with Crippen molar-refractivity contribution in [1.82, 2.24) is 18.7 Å². The number of rotatable bonds is 4. The van der Waals surface area contributed by atoms with Crippen LogP contribution in [0.2, 0.25) is 0 Å². The first-order chi connectivity index (χ1) is 11.4. The van der Waals surface area contributed by atoms with Gasteiger partial charge in [-0.05, 0) is 49.4 Å². The van der Waals surface area contributed by atoms with Gasteiger partial charge >= 0.3 is 11.2 Å². The molecule has 24 heavy (non-hydrogen) atoms. The number of nitrogens with zero attached hydrogens (tertiary/aromatic N) is 4. The van der Waals surface area contributed by atoms with E-state index in [0.29, 0.717) is 12.5 Å². The zero-order valence-electron chi connectivity index (χ0n) is 14.5. The lowest BCUT2D eigenvalue weighted by Gasteiger charge is -2.08. The molecule has 0 aliphatic carbocycles. The van der Waals surface area contributed by atoms with Gasteiger partial charge in [-0.25, -0.2) is 13.9 Å². The molecule has 0 atom stereocenters. The Morgan fingerprint density at radius 2 is 1.83 bits per heavy atom. The summed E-state index contributed by atoms with van der Waals surface area (Å²) < 4.78 is 4.22. The predicted molar refractivity (Wildman–Crippen MR) is 94.0 cm³/mol. The molecule has 3 rings (SSSR count). The minimum atomic E-state index is -0.291. The van der Waals surface area contributed by atoms with E-state index in [1.165, 1.54) is 19.2 Å². The second-order valence-corrected chi connectivity index (χ2v) is 6.62. The van der Waals surface area contributed by atoms with Crippen LogP contribution in [0.3, 0.4) is 0 Å². The van der Waals surface area contributed by atoms with Crippen LogP contribution in [0.15, 0.2) is 40.2 Å². The average Bonchev–Trinajstić information content (AvgIpc) is 2.86. The SMILES string of the molecule is Cc1ccc(-n2ccn3c(=O)n(CCC(C)C)nc3c2=O)cc1C. The van der Waals surface area contributed by atoms with Crippen LogP contribution in [-0.2, 0) is 6.54 Å². The summed E-state index contributed by atoms with van der Waals surface area (Å²) in [5, 5.41) is 4.24. The van der Waals surface area contributed by atoms with Gasteiger partial charge in [0.1, 0.15) is 0 Å². The van der Waals surface area contributed by atoms with Gasteiger partial charge in [0.25, 0.3) is 0 Å². The molecule has 0 amide bonds. The van der Waals surface area contributed by atoms with Crippen LogP contribution in [0, 0.1) is 19.8 Å². The van der Waals surface area contributed by atoms with Crippen molar-refractivity contribution in [3.05, 3.63) is 62.6 Å². The van der Waals surface area contributed by atoms with Gasteiger partial charge in [0, 0.05) is 24.6 Å². The molecule has 0 fully saturated rings. The molecule has 1 aromatic carbocycles. The van der Waals surface area contributed by atoms with Gasteiger partial charge in [0.05, 0.1) is 0 Å². The Balaban J connectivity index is 2.12. The van der Waals surface area contributed by atoms with Gasteiger partial charge in [0.2, 0.25) is 5.65 Å². The fourth-order valence-corrected chi connectivity index (χ4v) is 2.61. The van der Waals surface area contributed by atoms with E-state index in [1.54, 1.807) is 12.4 Å². The Kier molecular flexibility index (Phi) is 4.13. The van der Waals surface area contributed by atoms with Gasteiger partial charge < -0.3 is 0 Å². The second-order valence-electron chi connectivity index (χ2n) is 6.62. The summed E-state index contributed by atoms with van der Waals surface area (Å²) >= 11 is 0. The monoisotopic (exact) mass is 326 g/mol. The van der Waals surface area contributed by atoms with E-state index in [9.17, 15) is 9.59 Å². The number of hydrogen-bond donors (Lipinski definition) is 0. The average molecular weight is 326 g/mol. The molecule has 2 aromatic heterocycles. The van der Waals surface area contributed by atoms with Crippen molar-refractivity contribution in [2.24, 2.45) is 5.92 Å². The van der Waals surface area contributed by atoms with E-state index >= 15 is 0 Å². The highest BCUT2D eigenvalue weighted by Crippen LogP contribution is 2.12. The molecule has 0 aliphatic rings. The Morgan fingerprint density at radius 1 is 1.08 bits per heavy atom. The molecule has 126 valence electrons. The maximum Gasteiger partial charge on any atom is 0.350 e. The summed E-state index contributed by atoms with van der Waals surface area (Å²) in [7, 11) is 0. The number of aromatic nitrogens is 4. The molecule has 2 heterocycles. The summed E-state index contributed by atoms with van der Waals surface area (Å²) in [6.07, 6.45) is 4.07. The van der Waals surface area contributed by atoms with Crippen LogP contribution in [-0.4, -0.2) is 18.7 Å². The van der Waals surface area contributed by atoms with Gasteiger partial charge in [-0.3, -0.25) is 9.36 Å². The molecular weight excluding hydrogens is 304 g/mol. The van der Waals surface area contributed by atoms with Gasteiger partial charge in [-0.2, -0.15) is 0 Å². The standard InChI is InChI=1S/C18H22N4O2/c1-12(2)7-8-22-18(24)21-10-9-20(17(23)16(21)19-22)15-6-5-13(3)14(4)11-15/h5-6,9-12H,7-8H2,1-4H3. The highest BCUT2D eigenvalue weighted by molar-refractivity contribution is 5.43. The number of benzene rings is 1. The van der Waals surface area contributed by atoms with E-state index in [2.05, 4.69) is 18.9 Å². The smallest absolute Gasteiger partial charge is 0.280 e. The van der Waals surface area contributed by atoms with Crippen molar-refractivity contribution in [1.29, 1.82) is 0 Å². The van der Waals surface area contributed by atoms with Crippen molar-refractivity contribution >= 4 is 5.65 Å². The molecule has 0 saturated carbocycles. The third kappa shape index (κ3) is 2.79. The Hall–Kier alpha value is -2.63. The first-order valence-corrected chi connectivity index (χ1v) is 8.17. The van der Waals surface area contributed by atoms with Crippen molar-refractivity contribution in [3.63, 3.8) is 0 Å². The molecule has 0 aliphatic heterocycles. The normalized spacial score (nSPS) is 11.5. The number of aryl methyl sites for hydroxylation is 3. The Bertz CT molecular complexity index is 1010. The molecule has 6 nitrogen and oxygen atoms in total. The van der Waals surface area contributed by atoms with Crippen molar-refractivity contribution in [2.75, 3.05) is 0 Å². The Labute approximate surface area is 140 Å².